The fraction of sp³-hybridized carbons (Fsp3) is 0.0526. The molecule has 0 heterocycles. The van der Waals surface area contributed by atoms with Crippen LogP contribution in [0.3, 0.4) is 0 Å². The third-order valence-electron chi connectivity index (χ3n) is 4.49. The minimum absolute atomic E-state index is 0.0688. The van der Waals surface area contributed by atoms with Gasteiger partial charge in [-0.15, -0.1) is 0 Å². The third kappa shape index (κ3) is 2.90. The molecule has 3 rings (SSSR count). The van der Waals surface area contributed by atoms with Gasteiger partial charge in [0.05, 0.1) is 0 Å². The van der Waals surface area contributed by atoms with Crippen LogP contribution >= 0.6 is 0 Å². The van der Waals surface area contributed by atoms with Crippen LogP contribution < -0.4 is 15.6 Å². The number of phenolic OH excluding ortho intramolecular Hbond substituents is 3. The van der Waals surface area contributed by atoms with E-state index in [2.05, 4.69) is 0 Å². The van der Waals surface area contributed by atoms with Crippen LogP contribution in [0.1, 0.15) is 0 Å². The highest BCUT2D eigenvalue weighted by Crippen LogP contribution is 2.23. The van der Waals surface area contributed by atoms with Crippen molar-refractivity contribution in [2.24, 2.45) is 0 Å². The molecule has 0 bridgehead atoms. The van der Waals surface area contributed by atoms with Crippen molar-refractivity contribution in [2.75, 3.05) is 0 Å². The highest BCUT2D eigenvalue weighted by atomic mass is 28.3. The highest BCUT2D eigenvalue weighted by Gasteiger charge is 2.41. The van der Waals surface area contributed by atoms with Crippen molar-refractivity contribution >= 4 is 23.6 Å². The lowest BCUT2D eigenvalue weighted by atomic mass is 10.3. The van der Waals surface area contributed by atoms with Crippen molar-refractivity contribution in [1.29, 1.82) is 0 Å². The lowest BCUT2D eigenvalue weighted by molar-refractivity contribution is 0.474. The van der Waals surface area contributed by atoms with Gasteiger partial charge in [0, 0.05) is 0 Å². The first-order valence-electron chi connectivity index (χ1n) is 7.70. The molecule has 0 aromatic heterocycles. The van der Waals surface area contributed by atoms with Gasteiger partial charge in [-0.2, -0.15) is 0 Å². The molecule has 0 amide bonds. The maximum absolute atomic E-state index is 13.9. The summed E-state index contributed by atoms with van der Waals surface area (Å²) in [4.78, 5) is 0. The number of hydrogen-bond donors (Lipinski definition) is 3. The van der Waals surface area contributed by atoms with Gasteiger partial charge in [0.15, 0.2) is 8.07 Å². The van der Waals surface area contributed by atoms with E-state index in [1.165, 1.54) is 0 Å². The molecule has 3 aromatic carbocycles. The summed E-state index contributed by atoms with van der Waals surface area (Å²) in [6.45, 7) is 1.56. The smallest absolute Gasteiger partial charge is 0.160 e. The van der Waals surface area contributed by atoms with Crippen molar-refractivity contribution in [3.8, 4) is 17.2 Å². The van der Waals surface area contributed by atoms with Crippen LogP contribution in [0.5, 0.6) is 17.2 Å². The van der Waals surface area contributed by atoms with Gasteiger partial charge in [0.25, 0.3) is 0 Å². The van der Waals surface area contributed by atoms with E-state index in [-0.39, 0.29) is 32.8 Å². The Morgan fingerprint density at radius 1 is 0.577 bits per heavy atom. The molecule has 0 fully saturated rings. The van der Waals surface area contributed by atoms with E-state index in [0.717, 1.165) is 54.6 Å². The number of phenols is 3. The predicted molar refractivity (Wildman–Crippen MR) is 94.7 cm³/mol. The van der Waals surface area contributed by atoms with Crippen molar-refractivity contribution in [2.45, 2.75) is 6.55 Å². The summed E-state index contributed by atoms with van der Waals surface area (Å²) in [5, 5.41) is 31.2. The molecule has 0 atom stereocenters. The van der Waals surface area contributed by atoms with Crippen LogP contribution in [-0.2, 0) is 0 Å². The van der Waals surface area contributed by atoms with Gasteiger partial charge in [-0.1, -0.05) is 6.55 Å². The second-order valence-corrected chi connectivity index (χ2v) is 9.98. The Kier molecular flexibility index (Phi) is 4.41. The molecule has 3 nitrogen and oxygen atoms in total. The van der Waals surface area contributed by atoms with Crippen molar-refractivity contribution in [3.05, 3.63) is 72.0 Å². The monoisotopic (exact) mass is 376 g/mol. The van der Waals surface area contributed by atoms with Crippen molar-refractivity contribution < 1.29 is 28.5 Å². The van der Waals surface area contributed by atoms with Crippen LogP contribution in [0.2, 0.25) is 6.55 Å². The fourth-order valence-corrected chi connectivity index (χ4v) is 7.10. The van der Waals surface area contributed by atoms with E-state index < -0.39 is 25.5 Å². The Balaban J connectivity index is 2.45. The van der Waals surface area contributed by atoms with E-state index in [1.54, 1.807) is 6.55 Å². The molecular weight excluding hydrogens is 361 g/mol. The molecule has 0 aliphatic carbocycles. The predicted octanol–water partition coefficient (Wildman–Crippen LogP) is 2.32. The maximum atomic E-state index is 13.9. The second kappa shape index (κ2) is 6.42. The largest absolute Gasteiger partial charge is 0.508 e. The fourth-order valence-electron chi connectivity index (χ4n) is 3.16. The van der Waals surface area contributed by atoms with E-state index in [0.29, 0.717) is 0 Å². The summed E-state index contributed by atoms with van der Waals surface area (Å²) in [5.74, 6) is -2.89. The SMILES string of the molecule is C[Si](c1cc(F)ccc1O)(c1cc(F)ccc1O)c1cc(F)ccc1O. The van der Waals surface area contributed by atoms with Gasteiger partial charge in [-0.05, 0) is 70.2 Å². The molecule has 0 unspecified atom stereocenters. The lowest BCUT2D eigenvalue weighted by Crippen LogP contribution is -2.65. The van der Waals surface area contributed by atoms with Crippen LogP contribution in [-0.4, -0.2) is 23.4 Å². The van der Waals surface area contributed by atoms with E-state index in [9.17, 15) is 28.5 Å². The molecule has 26 heavy (non-hydrogen) atoms. The minimum Gasteiger partial charge on any atom is -0.508 e. The average Bonchev–Trinajstić information content (AvgIpc) is 2.60. The quantitative estimate of drug-likeness (QED) is 0.486. The number of hydrogen-bond acceptors (Lipinski definition) is 3. The van der Waals surface area contributed by atoms with Gasteiger partial charge in [0.2, 0.25) is 0 Å². The summed E-state index contributed by atoms with van der Waals surface area (Å²) < 4.78 is 41.7. The van der Waals surface area contributed by atoms with Gasteiger partial charge in [0.1, 0.15) is 34.7 Å². The molecule has 0 saturated carbocycles. The standard InChI is InChI=1S/C19H15F3O3Si/c1-26(17-8-11(20)2-5-14(17)23,18-9-12(21)3-6-15(18)24)19-10-13(22)4-7-16(19)25/h2-10,23-25H,1H3. The Labute approximate surface area is 148 Å². The normalized spacial score (nSPS) is 11.5. The Morgan fingerprint density at radius 2 is 0.846 bits per heavy atom. The number of halogens is 3. The molecule has 0 aliphatic rings. The van der Waals surface area contributed by atoms with Crippen LogP contribution in [0.4, 0.5) is 13.2 Å². The zero-order chi connectivity index (χ0) is 19.1. The number of benzene rings is 3. The van der Waals surface area contributed by atoms with Crippen LogP contribution in [0.15, 0.2) is 54.6 Å². The molecule has 7 heteroatoms. The molecule has 134 valence electrons. The Morgan fingerprint density at radius 3 is 1.12 bits per heavy atom. The average molecular weight is 376 g/mol. The van der Waals surface area contributed by atoms with E-state index in [1.807, 2.05) is 0 Å². The van der Waals surface area contributed by atoms with Crippen molar-refractivity contribution in [1.82, 2.24) is 0 Å². The van der Waals surface area contributed by atoms with Crippen molar-refractivity contribution in [3.63, 3.8) is 0 Å². The van der Waals surface area contributed by atoms with Gasteiger partial charge in [-0.3, -0.25) is 0 Å². The zero-order valence-electron chi connectivity index (χ0n) is 13.7. The molecule has 0 spiro atoms. The summed E-state index contributed by atoms with van der Waals surface area (Å²) in [5.41, 5.74) is 0. The van der Waals surface area contributed by atoms with Crippen LogP contribution in [0, 0.1) is 17.5 Å². The Hall–Kier alpha value is -2.93. The molecule has 3 N–H and O–H groups in total. The first-order valence-corrected chi connectivity index (χ1v) is 10.2. The van der Waals surface area contributed by atoms with Gasteiger partial charge in [-0.25, -0.2) is 13.2 Å². The first-order chi connectivity index (χ1) is 12.2. The number of rotatable bonds is 3. The molecule has 3 aromatic rings. The molecule has 0 saturated heterocycles. The first kappa shape index (κ1) is 17.9. The summed E-state index contributed by atoms with van der Waals surface area (Å²) in [6.07, 6.45) is 0. The van der Waals surface area contributed by atoms with Gasteiger partial charge >= 0.3 is 0 Å². The molecular formula is C19H15F3O3Si. The topological polar surface area (TPSA) is 60.7 Å². The maximum Gasteiger partial charge on any atom is 0.160 e. The number of aromatic hydroxyl groups is 3. The molecule has 0 radical (unpaired) electrons. The second-order valence-electron chi connectivity index (χ2n) is 6.11. The third-order valence-corrected chi connectivity index (χ3v) is 8.93. The highest BCUT2D eigenvalue weighted by molar-refractivity contribution is 7.11. The van der Waals surface area contributed by atoms with Gasteiger partial charge < -0.3 is 15.3 Å². The van der Waals surface area contributed by atoms with E-state index >= 15 is 0 Å². The Bertz CT molecular complexity index is 867. The minimum atomic E-state index is -3.58. The summed E-state index contributed by atoms with van der Waals surface area (Å²) in [7, 11) is -3.58. The molecule has 0 aliphatic heterocycles. The van der Waals surface area contributed by atoms with Crippen LogP contribution in [0.25, 0.3) is 0 Å². The summed E-state index contributed by atoms with van der Waals surface area (Å²) >= 11 is 0. The summed E-state index contributed by atoms with van der Waals surface area (Å²) in [6, 6.07) is 9.68. The zero-order valence-corrected chi connectivity index (χ0v) is 14.7. The lowest BCUT2D eigenvalue weighted by Gasteiger charge is -2.31. The van der Waals surface area contributed by atoms with E-state index in [4.69, 9.17) is 0 Å².